The first-order valence-electron chi connectivity index (χ1n) is 8.07. The molecule has 3 N–H and O–H groups in total. The predicted molar refractivity (Wildman–Crippen MR) is 93.0 cm³/mol. The van der Waals surface area contributed by atoms with E-state index < -0.39 is 29.6 Å². The van der Waals surface area contributed by atoms with E-state index in [4.69, 9.17) is 10.5 Å². The van der Waals surface area contributed by atoms with E-state index in [1.165, 1.54) is 19.2 Å². The van der Waals surface area contributed by atoms with Gasteiger partial charge in [0.2, 0.25) is 11.8 Å². The molecule has 0 unspecified atom stereocenters. The molecule has 0 saturated carbocycles. The quantitative estimate of drug-likeness (QED) is 0.774. The molecule has 0 aliphatic rings. The number of ether oxygens (including phenoxy) is 1. The number of primary amides is 1. The van der Waals surface area contributed by atoms with Crippen LogP contribution < -0.4 is 15.8 Å². The molecule has 27 heavy (non-hydrogen) atoms. The number of amides is 2. The van der Waals surface area contributed by atoms with Crippen LogP contribution in [0.3, 0.4) is 0 Å². The van der Waals surface area contributed by atoms with Gasteiger partial charge in [-0.05, 0) is 29.3 Å². The molecule has 2 aromatic rings. The number of carbonyl (C=O) groups is 2. The Labute approximate surface area is 154 Å². The number of benzene rings is 2. The fraction of sp³-hybridized carbons (Fsp3) is 0.263. The summed E-state index contributed by atoms with van der Waals surface area (Å²) in [6.07, 6.45) is -4.47. The lowest BCUT2D eigenvalue weighted by Crippen LogP contribution is -2.46. The van der Waals surface area contributed by atoms with Crippen molar-refractivity contribution >= 4 is 11.8 Å². The van der Waals surface area contributed by atoms with Crippen molar-refractivity contribution in [1.82, 2.24) is 5.32 Å². The van der Waals surface area contributed by atoms with Gasteiger partial charge in [-0.15, -0.1) is 0 Å². The van der Waals surface area contributed by atoms with Crippen LogP contribution in [0.2, 0.25) is 0 Å². The van der Waals surface area contributed by atoms with Crippen molar-refractivity contribution in [2.24, 2.45) is 5.73 Å². The molecule has 1 atom stereocenters. The number of nitrogens with two attached hydrogens (primary N) is 1. The van der Waals surface area contributed by atoms with Crippen molar-refractivity contribution in [3.63, 3.8) is 0 Å². The monoisotopic (exact) mass is 380 g/mol. The first-order valence-corrected chi connectivity index (χ1v) is 8.07. The fourth-order valence-corrected chi connectivity index (χ4v) is 2.56. The van der Waals surface area contributed by atoms with E-state index >= 15 is 0 Å². The minimum absolute atomic E-state index is 0.137. The van der Waals surface area contributed by atoms with E-state index in [0.717, 1.165) is 12.1 Å². The molecule has 8 heteroatoms. The zero-order valence-electron chi connectivity index (χ0n) is 14.5. The second-order valence-electron chi connectivity index (χ2n) is 5.91. The van der Waals surface area contributed by atoms with Crippen LogP contribution >= 0.6 is 0 Å². The molecule has 0 aliphatic heterocycles. The molecule has 0 saturated heterocycles. The Bertz CT molecular complexity index is 805. The van der Waals surface area contributed by atoms with Gasteiger partial charge in [0.1, 0.15) is 11.8 Å². The van der Waals surface area contributed by atoms with Gasteiger partial charge in [-0.1, -0.05) is 30.3 Å². The van der Waals surface area contributed by atoms with Gasteiger partial charge in [-0.2, -0.15) is 13.2 Å². The van der Waals surface area contributed by atoms with Gasteiger partial charge in [-0.25, -0.2) is 0 Å². The van der Waals surface area contributed by atoms with Crippen molar-refractivity contribution in [2.45, 2.75) is 25.1 Å². The maximum atomic E-state index is 12.6. The zero-order valence-corrected chi connectivity index (χ0v) is 14.5. The maximum absolute atomic E-state index is 12.6. The van der Waals surface area contributed by atoms with Crippen molar-refractivity contribution in [1.29, 1.82) is 0 Å². The number of nitrogens with one attached hydrogen (secondary N) is 1. The van der Waals surface area contributed by atoms with Crippen LogP contribution in [-0.2, 0) is 28.6 Å². The maximum Gasteiger partial charge on any atom is 0.416 e. The van der Waals surface area contributed by atoms with E-state index in [2.05, 4.69) is 5.32 Å². The SMILES string of the molecule is COc1ccccc1C[C@H](NC(=O)Cc1ccc(C(F)(F)F)cc1)C(N)=O. The minimum atomic E-state index is -4.44. The summed E-state index contributed by atoms with van der Waals surface area (Å²) < 4.78 is 42.9. The topological polar surface area (TPSA) is 81.4 Å². The number of hydrogen-bond acceptors (Lipinski definition) is 3. The van der Waals surface area contributed by atoms with Gasteiger partial charge >= 0.3 is 6.18 Å². The Morgan fingerprint density at radius 1 is 1.11 bits per heavy atom. The summed E-state index contributed by atoms with van der Waals surface area (Å²) in [5.74, 6) is -0.684. The van der Waals surface area contributed by atoms with Crippen LogP contribution in [0.1, 0.15) is 16.7 Å². The Kier molecular flexibility index (Phi) is 6.44. The molecule has 0 spiro atoms. The molecule has 2 amide bonds. The van der Waals surface area contributed by atoms with E-state index in [1.54, 1.807) is 24.3 Å². The summed E-state index contributed by atoms with van der Waals surface area (Å²) >= 11 is 0. The number of carbonyl (C=O) groups excluding carboxylic acids is 2. The van der Waals surface area contributed by atoms with Crippen LogP contribution in [0.4, 0.5) is 13.2 Å². The fourth-order valence-electron chi connectivity index (χ4n) is 2.56. The number of para-hydroxylation sites is 1. The second-order valence-corrected chi connectivity index (χ2v) is 5.91. The summed E-state index contributed by atoms with van der Waals surface area (Å²) in [5.41, 5.74) is 5.66. The molecule has 5 nitrogen and oxygen atoms in total. The van der Waals surface area contributed by atoms with Gasteiger partial charge in [0, 0.05) is 6.42 Å². The number of hydrogen-bond donors (Lipinski definition) is 2. The normalized spacial score (nSPS) is 12.3. The van der Waals surface area contributed by atoms with Gasteiger partial charge in [0.25, 0.3) is 0 Å². The highest BCUT2D eigenvalue weighted by molar-refractivity contribution is 5.87. The average Bonchev–Trinajstić information content (AvgIpc) is 2.61. The lowest BCUT2D eigenvalue weighted by Gasteiger charge is -2.17. The number of halogens is 3. The largest absolute Gasteiger partial charge is 0.496 e. The third-order valence-corrected chi connectivity index (χ3v) is 3.94. The lowest BCUT2D eigenvalue weighted by atomic mass is 10.0. The zero-order chi connectivity index (χ0) is 20.0. The molecule has 0 heterocycles. The van der Waals surface area contributed by atoms with E-state index in [0.29, 0.717) is 16.9 Å². The molecule has 144 valence electrons. The van der Waals surface area contributed by atoms with Crippen LogP contribution in [-0.4, -0.2) is 25.0 Å². The number of methoxy groups -OCH3 is 1. The molecule has 0 radical (unpaired) electrons. The smallest absolute Gasteiger partial charge is 0.416 e. The van der Waals surface area contributed by atoms with E-state index in [-0.39, 0.29) is 12.8 Å². The Morgan fingerprint density at radius 2 is 1.74 bits per heavy atom. The highest BCUT2D eigenvalue weighted by Crippen LogP contribution is 2.29. The molecule has 2 aromatic carbocycles. The molecule has 0 bridgehead atoms. The van der Waals surface area contributed by atoms with E-state index in [9.17, 15) is 22.8 Å². The molecule has 2 rings (SSSR count). The summed E-state index contributed by atoms with van der Waals surface area (Å²) in [6, 6.07) is 10.3. The van der Waals surface area contributed by atoms with Crippen molar-refractivity contribution in [3.8, 4) is 5.75 Å². The molecule has 0 fully saturated rings. The summed E-state index contributed by atoms with van der Waals surface area (Å²) in [6.45, 7) is 0. The third kappa shape index (κ3) is 5.73. The van der Waals surface area contributed by atoms with Gasteiger partial charge < -0.3 is 15.8 Å². The summed E-state index contributed by atoms with van der Waals surface area (Å²) in [4.78, 5) is 23.9. The van der Waals surface area contributed by atoms with Crippen molar-refractivity contribution in [3.05, 3.63) is 65.2 Å². The first-order chi connectivity index (χ1) is 12.7. The van der Waals surface area contributed by atoms with Crippen LogP contribution in [0.25, 0.3) is 0 Å². The Hall–Kier alpha value is -3.03. The standard InChI is InChI=1S/C19H19F3N2O3/c1-27-16-5-3-2-4-13(16)11-15(18(23)26)24-17(25)10-12-6-8-14(9-7-12)19(20,21)22/h2-9,15H,10-11H2,1H3,(H2,23,26)(H,24,25)/t15-/m0/s1. The van der Waals surface area contributed by atoms with Crippen molar-refractivity contribution in [2.75, 3.05) is 7.11 Å². The van der Waals surface area contributed by atoms with Gasteiger partial charge in [-0.3, -0.25) is 9.59 Å². The third-order valence-electron chi connectivity index (χ3n) is 3.94. The highest BCUT2D eigenvalue weighted by Gasteiger charge is 2.30. The Balaban J connectivity index is 2.03. The predicted octanol–water partition coefficient (Wildman–Crippen LogP) is 2.47. The van der Waals surface area contributed by atoms with Crippen LogP contribution in [0, 0.1) is 0 Å². The van der Waals surface area contributed by atoms with Gasteiger partial charge in [0.15, 0.2) is 0 Å². The molecule has 0 aliphatic carbocycles. The molecule has 0 aromatic heterocycles. The molecular formula is C19H19F3N2O3. The average molecular weight is 380 g/mol. The van der Waals surface area contributed by atoms with Crippen LogP contribution in [0.15, 0.2) is 48.5 Å². The van der Waals surface area contributed by atoms with Crippen molar-refractivity contribution < 1.29 is 27.5 Å². The first kappa shape index (κ1) is 20.3. The second kappa shape index (κ2) is 8.57. The Morgan fingerprint density at radius 3 is 2.30 bits per heavy atom. The highest BCUT2D eigenvalue weighted by atomic mass is 19.4. The number of rotatable bonds is 7. The van der Waals surface area contributed by atoms with Gasteiger partial charge in [0.05, 0.1) is 19.1 Å². The van der Waals surface area contributed by atoms with E-state index in [1.807, 2.05) is 0 Å². The minimum Gasteiger partial charge on any atom is -0.496 e. The summed E-state index contributed by atoms with van der Waals surface area (Å²) in [7, 11) is 1.49. The lowest BCUT2D eigenvalue weighted by molar-refractivity contribution is -0.137. The number of alkyl halides is 3. The summed E-state index contributed by atoms with van der Waals surface area (Å²) in [5, 5.41) is 2.52. The van der Waals surface area contributed by atoms with Crippen LogP contribution in [0.5, 0.6) is 5.75 Å². The molecular weight excluding hydrogens is 361 g/mol.